The van der Waals surface area contributed by atoms with E-state index in [0.717, 1.165) is 102 Å². The van der Waals surface area contributed by atoms with Crippen LogP contribution in [-0.4, -0.2) is 81.7 Å². The van der Waals surface area contributed by atoms with Crippen LogP contribution in [0.5, 0.6) is 0 Å². The van der Waals surface area contributed by atoms with Crippen LogP contribution in [0.2, 0.25) is 0 Å². The highest BCUT2D eigenvalue weighted by Gasteiger charge is 2.21. The normalized spacial score (nSPS) is 13.7. The lowest BCUT2D eigenvalue weighted by atomic mass is 9.94. The fraction of sp³-hybridized carbons (Fsp3) is 0.902. The molecule has 0 saturated heterocycles. The van der Waals surface area contributed by atoms with E-state index in [-0.39, 0.29) is 23.8 Å². The Hall–Kier alpha value is -1.97. The molecule has 4 atom stereocenters. The molecule has 60 heavy (non-hydrogen) atoms. The number of carbonyl (C=O) groups is 2. The predicted molar refractivity (Wildman–Crippen MR) is 250 cm³/mol. The first-order valence-corrected chi connectivity index (χ1v) is 25.6. The summed E-state index contributed by atoms with van der Waals surface area (Å²) in [6.07, 6.45) is 35.9. The molecule has 1 aromatic rings. The third kappa shape index (κ3) is 31.0. The Morgan fingerprint density at radius 2 is 0.917 bits per heavy atom. The monoisotopic (exact) mass is 848 g/mol. The first-order chi connectivity index (χ1) is 29.2. The van der Waals surface area contributed by atoms with E-state index >= 15 is 0 Å². The van der Waals surface area contributed by atoms with Crippen molar-refractivity contribution >= 4 is 11.9 Å². The molecule has 0 amide bonds. The molecule has 0 aliphatic carbocycles. The van der Waals surface area contributed by atoms with Crippen LogP contribution < -0.4 is 0 Å². The topological polar surface area (TPSA) is 114 Å². The minimum Gasteiger partial charge on any atom is -0.465 e. The largest absolute Gasteiger partial charge is 0.465 e. The van der Waals surface area contributed by atoms with Gasteiger partial charge in [0, 0.05) is 38.6 Å². The fourth-order valence-corrected chi connectivity index (χ4v) is 8.42. The van der Waals surface area contributed by atoms with Crippen molar-refractivity contribution in [2.45, 2.75) is 252 Å². The number of nitrogens with zero attached hydrogens (tertiary/aromatic N) is 3. The minimum atomic E-state index is -0.521. The minimum absolute atomic E-state index is 0.0110. The molecule has 352 valence electrons. The first-order valence-electron chi connectivity index (χ1n) is 25.6. The molecule has 2 N–H and O–H groups in total. The van der Waals surface area contributed by atoms with Crippen LogP contribution in [0.1, 0.15) is 233 Å². The molecule has 4 unspecified atom stereocenters. The molecule has 0 fully saturated rings. The van der Waals surface area contributed by atoms with Gasteiger partial charge in [0.2, 0.25) is 0 Å². The van der Waals surface area contributed by atoms with Crippen LogP contribution in [0.25, 0.3) is 0 Å². The standard InChI is InChI=1S/C51H97N3O6/c1-6-10-14-18-20-24-33-46(31-22-16-12-8-3)50(57)59-41-28-26-35-48(55)43-53(38-30-39-54-40-37-52-45(54)5)44-49(56)36-27-29-42-60-51(58)47(32-23-17-13-9-4)34-25-21-19-15-11-7-2/h37,40,46-49,55-56H,6-36,38-39,41-44H2,1-5H3. The molecule has 9 heteroatoms. The zero-order valence-electron chi connectivity index (χ0n) is 40.0. The van der Waals surface area contributed by atoms with Gasteiger partial charge in [-0.05, 0) is 77.6 Å². The molecule has 0 aliphatic rings. The maximum absolute atomic E-state index is 13.1. The Morgan fingerprint density at radius 3 is 1.30 bits per heavy atom. The highest BCUT2D eigenvalue weighted by atomic mass is 16.5. The van der Waals surface area contributed by atoms with Gasteiger partial charge >= 0.3 is 11.9 Å². The molecular formula is C51H97N3O6. The third-order valence-electron chi connectivity index (χ3n) is 12.4. The molecule has 1 rings (SSSR count). The molecular weight excluding hydrogens is 751 g/mol. The average Bonchev–Trinajstić information content (AvgIpc) is 3.65. The van der Waals surface area contributed by atoms with E-state index in [0.29, 0.717) is 39.1 Å². The summed E-state index contributed by atoms with van der Waals surface area (Å²) < 4.78 is 13.7. The Morgan fingerprint density at radius 1 is 0.550 bits per heavy atom. The van der Waals surface area contributed by atoms with Gasteiger partial charge in [0.1, 0.15) is 5.82 Å². The van der Waals surface area contributed by atoms with Gasteiger partial charge in [0.15, 0.2) is 0 Å². The Balaban J connectivity index is 2.55. The number of aromatic nitrogens is 2. The highest BCUT2D eigenvalue weighted by molar-refractivity contribution is 5.72. The maximum atomic E-state index is 13.1. The summed E-state index contributed by atoms with van der Waals surface area (Å²) in [5.74, 6) is 0.947. The average molecular weight is 848 g/mol. The second-order valence-corrected chi connectivity index (χ2v) is 18.1. The van der Waals surface area contributed by atoms with Crippen molar-refractivity contribution in [2.24, 2.45) is 11.8 Å². The molecule has 9 nitrogen and oxygen atoms in total. The van der Waals surface area contributed by atoms with E-state index in [9.17, 15) is 19.8 Å². The van der Waals surface area contributed by atoms with E-state index in [1.54, 1.807) is 0 Å². The number of rotatable bonds is 44. The Bertz CT molecular complexity index is 1050. The van der Waals surface area contributed by atoms with Crippen LogP contribution in [0.4, 0.5) is 0 Å². The molecule has 0 saturated carbocycles. The van der Waals surface area contributed by atoms with Crippen molar-refractivity contribution in [2.75, 3.05) is 32.8 Å². The van der Waals surface area contributed by atoms with Crippen LogP contribution in [0.15, 0.2) is 12.4 Å². The van der Waals surface area contributed by atoms with Gasteiger partial charge in [-0.15, -0.1) is 0 Å². The van der Waals surface area contributed by atoms with Gasteiger partial charge < -0.3 is 24.3 Å². The van der Waals surface area contributed by atoms with Crippen molar-refractivity contribution in [3.63, 3.8) is 0 Å². The van der Waals surface area contributed by atoms with Crippen molar-refractivity contribution in [3.8, 4) is 0 Å². The van der Waals surface area contributed by atoms with E-state index in [1.807, 2.05) is 19.3 Å². The van der Waals surface area contributed by atoms with Gasteiger partial charge in [-0.1, -0.05) is 156 Å². The van der Waals surface area contributed by atoms with Gasteiger partial charge in [0.25, 0.3) is 0 Å². The summed E-state index contributed by atoms with van der Waals surface area (Å²) in [6.45, 7) is 14.3. The number of hydrogen-bond donors (Lipinski definition) is 2. The molecule has 0 bridgehead atoms. The van der Waals surface area contributed by atoms with Gasteiger partial charge in [-0.25, -0.2) is 4.98 Å². The number of aryl methyl sites for hydroxylation is 2. The van der Waals surface area contributed by atoms with Crippen molar-refractivity contribution in [1.29, 1.82) is 0 Å². The second-order valence-electron chi connectivity index (χ2n) is 18.1. The summed E-state index contributed by atoms with van der Waals surface area (Å²) in [5, 5.41) is 22.2. The van der Waals surface area contributed by atoms with Gasteiger partial charge in [-0.3, -0.25) is 14.5 Å². The SMILES string of the molecule is CCCCCCCCC(CCCCCC)C(=O)OCCCCC(O)CN(CCCn1ccnc1C)CC(O)CCCCOC(=O)C(CCCCCC)CCCCCCCC. The summed E-state index contributed by atoms with van der Waals surface area (Å²) in [6, 6.07) is 0. The van der Waals surface area contributed by atoms with E-state index in [1.165, 1.54) is 103 Å². The fourth-order valence-electron chi connectivity index (χ4n) is 8.42. The Kier molecular flexibility index (Phi) is 37.2. The van der Waals surface area contributed by atoms with Crippen molar-refractivity contribution < 1.29 is 29.3 Å². The number of carbonyl (C=O) groups excluding carboxylic acids is 2. The lowest BCUT2D eigenvalue weighted by Gasteiger charge is -2.27. The lowest BCUT2D eigenvalue weighted by Crippen LogP contribution is -2.39. The highest BCUT2D eigenvalue weighted by Crippen LogP contribution is 2.22. The van der Waals surface area contributed by atoms with Crippen LogP contribution in [0.3, 0.4) is 0 Å². The summed E-state index contributed by atoms with van der Waals surface area (Å²) in [4.78, 5) is 32.7. The molecule has 0 aliphatic heterocycles. The summed E-state index contributed by atoms with van der Waals surface area (Å²) in [5.41, 5.74) is 0. The molecule has 1 aromatic heterocycles. The van der Waals surface area contributed by atoms with E-state index in [2.05, 4.69) is 42.1 Å². The summed E-state index contributed by atoms with van der Waals surface area (Å²) >= 11 is 0. The summed E-state index contributed by atoms with van der Waals surface area (Å²) in [7, 11) is 0. The third-order valence-corrected chi connectivity index (χ3v) is 12.4. The van der Waals surface area contributed by atoms with Crippen LogP contribution >= 0.6 is 0 Å². The van der Waals surface area contributed by atoms with Crippen molar-refractivity contribution in [3.05, 3.63) is 18.2 Å². The molecule has 0 spiro atoms. The first kappa shape index (κ1) is 56.0. The zero-order valence-corrected chi connectivity index (χ0v) is 40.0. The Labute approximate surface area is 369 Å². The quantitative estimate of drug-likeness (QED) is 0.0493. The number of unbranched alkanes of at least 4 members (excludes halogenated alkanes) is 18. The van der Waals surface area contributed by atoms with Crippen molar-refractivity contribution in [1.82, 2.24) is 14.5 Å². The maximum Gasteiger partial charge on any atom is 0.308 e. The van der Waals surface area contributed by atoms with Crippen LogP contribution in [0, 0.1) is 18.8 Å². The molecule has 0 radical (unpaired) electrons. The molecule has 1 heterocycles. The number of hydrogen-bond acceptors (Lipinski definition) is 8. The smallest absolute Gasteiger partial charge is 0.308 e. The second kappa shape index (κ2) is 39.8. The molecule has 0 aromatic carbocycles. The van der Waals surface area contributed by atoms with E-state index in [4.69, 9.17) is 9.47 Å². The number of aliphatic hydroxyl groups is 2. The predicted octanol–water partition coefficient (Wildman–Crippen LogP) is 12.7. The van der Waals surface area contributed by atoms with Gasteiger partial charge in [-0.2, -0.15) is 0 Å². The number of imidazole rings is 1. The van der Waals surface area contributed by atoms with E-state index < -0.39 is 12.2 Å². The number of aliphatic hydroxyl groups excluding tert-OH is 2. The zero-order chi connectivity index (χ0) is 43.9. The van der Waals surface area contributed by atoms with Gasteiger partial charge in [0.05, 0.1) is 37.3 Å². The van der Waals surface area contributed by atoms with Crippen LogP contribution in [-0.2, 0) is 25.6 Å². The number of ether oxygens (including phenoxy) is 2. The number of esters is 2. The lowest BCUT2D eigenvalue weighted by molar-refractivity contribution is -0.150.